The molecule has 0 N–H and O–H groups in total. The number of Topliss-reactive ketones (excluding diaryl/α,β-unsaturated/α-hetero) is 1. The fourth-order valence-corrected chi connectivity index (χ4v) is 1.58. The van der Waals surface area contributed by atoms with Crippen molar-refractivity contribution in [2.45, 2.75) is 13.8 Å². The van der Waals surface area contributed by atoms with Gasteiger partial charge in [0.15, 0.2) is 5.78 Å². The molecule has 0 fully saturated rings. The SMILES string of the molecule is CC(=O)c1c(Cl)ccc(Cl)c1C. The Bertz CT molecular complexity index is 332. The molecule has 0 aliphatic rings. The summed E-state index contributed by atoms with van der Waals surface area (Å²) in [6.45, 7) is 3.26. The molecule has 0 aliphatic heterocycles. The standard InChI is InChI=1S/C9H8Cl2O/c1-5-7(10)3-4-8(11)9(5)6(2)12/h3-4H,1-2H3. The average molecular weight is 203 g/mol. The van der Waals surface area contributed by atoms with Gasteiger partial charge in [0, 0.05) is 10.6 Å². The summed E-state index contributed by atoms with van der Waals surface area (Å²) < 4.78 is 0. The van der Waals surface area contributed by atoms with Gasteiger partial charge in [-0.3, -0.25) is 4.79 Å². The highest BCUT2D eigenvalue weighted by Crippen LogP contribution is 2.26. The van der Waals surface area contributed by atoms with Crippen LogP contribution in [-0.2, 0) is 0 Å². The van der Waals surface area contributed by atoms with Crippen molar-refractivity contribution in [3.63, 3.8) is 0 Å². The molecule has 0 unspecified atom stereocenters. The van der Waals surface area contributed by atoms with Crippen LogP contribution in [0.2, 0.25) is 10.0 Å². The van der Waals surface area contributed by atoms with E-state index in [1.807, 2.05) is 0 Å². The van der Waals surface area contributed by atoms with Gasteiger partial charge in [-0.1, -0.05) is 23.2 Å². The number of benzene rings is 1. The van der Waals surface area contributed by atoms with Crippen molar-refractivity contribution in [2.24, 2.45) is 0 Å². The van der Waals surface area contributed by atoms with E-state index in [1.165, 1.54) is 6.92 Å². The molecule has 1 rings (SSSR count). The molecular weight excluding hydrogens is 195 g/mol. The van der Waals surface area contributed by atoms with Crippen LogP contribution < -0.4 is 0 Å². The van der Waals surface area contributed by atoms with Gasteiger partial charge < -0.3 is 0 Å². The average Bonchev–Trinajstić information content (AvgIpc) is 1.97. The van der Waals surface area contributed by atoms with Gasteiger partial charge in [-0.25, -0.2) is 0 Å². The minimum Gasteiger partial charge on any atom is -0.294 e. The third-order valence-corrected chi connectivity index (χ3v) is 2.42. The lowest BCUT2D eigenvalue weighted by molar-refractivity contribution is 0.101. The second-order valence-electron chi connectivity index (χ2n) is 2.59. The number of hydrogen-bond acceptors (Lipinski definition) is 1. The van der Waals surface area contributed by atoms with Gasteiger partial charge in [0.1, 0.15) is 0 Å². The molecule has 0 atom stereocenters. The highest BCUT2D eigenvalue weighted by atomic mass is 35.5. The Morgan fingerprint density at radius 1 is 1.25 bits per heavy atom. The molecule has 0 saturated carbocycles. The lowest BCUT2D eigenvalue weighted by Crippen LogP contribution is -1.97. The first-order valence-electron chi connectivity index (χ1n) is 3.49. The maximum absolute atomic E-state index is 11.1. The largest absolute Gasteiger partial charge is 0.294 e. The molecule has 12 heavy (non-hydrogen) atoms. The Labute approximate surface area is 81.3 Å². The Hall–Kier alpha value is -0.530. The molecule has 1 nitrogen and oxygen atoms in total. The van der Waals surface area contributed by atoms with Crippen LogP contribution in [0.25, 0.3) is 0 Å². The number of carbonyl (C=O) groups is 1. The summed E-state index contributed by atoms with van der Waals surface area (Å²) in [5.74, 6) is -0.0556. The van der Waals surface area contributed by atoms with Crippen molar-refractivity contribution < 1.29 is 4.79 Å². The summed E-state index contributed by atoms with van der Waals surface area (Å²) in [5.41, 5.74) is 1.26. The Balaban J connectivity index is 3.43. The Morgan fingerprint density at radius 3 is 2.17 bits per heavy atom. The molecule has 0 bridgehead atoms. The Kier molecular flexibility index (Phi) is 2.76. The zero-order chi connectivity index (χ0) is 9.30. The summed E-state index contributed by atoms with van der Waals surface area (Å²) in [6.07, 6.45) is 0. The summed E-state index contributed by atoms with van der Waals surface area (Å²) in [6, 6.07) is 3.32. The quantitative estimate of drug-likeness (QED) is 0.638. The van der Waals surface area contributed by atoms with E-state index in [4.69, 9.17) is 23.2 Å². The van der Waals surface area contributed by atoms with Gasteiger partial charge in [-0.2, -0.15) is 0 Å². The van der Waals surface area contributed by atoms with Gasteiger partial charge in [0.25, 0.3) is 0 Å². The van der Waals surface area contributed by atoms with Gasteiger partial charge in [0.2, 0.25) is 0 Å². The second kappa shape index (κ2) is 3.46. The Morgan fingerprint density at radius 2 is 1.75 bits per heavy atom. The molecule has 0 amide bonds. The highest BCUT2D eigenvalue weighted by Gasteiger charge is 2.10. The maximum atomic E-state index is 11.1. The van der Waals surface area contributed by atoms with E-state index < -0.39 is 0 Å². The molecule has 1 aromatic rings. The molecule has 0 aliphatic carbocycles. The third-order valence-electron chi connectivity index (χ3n) is 1.70. The predicted octanol–water partition coefficient (Wildman–Crippen LogP) is 3.50. The van der Waals surface area contributed by atoms with Crippen LogP contribution in [0.5, 0.6) is 0 Å². The van der Waals surface area contributed by atoms with Crippen LogP contribution in [0.1, 0.15) is 22.8 Å². The van der Waals surface area contributed by atoms with Crippen LogP contribution >= 0.6 is 23.2 Å². The number of ketones is 1. The normalized spacial score (nSPS) is 10.0. The second-order valence-corrected chi connectivity index (χ2v) is 3.40. The number of carbonyl (C=O) groups excluding carboxylic acids is 1. The molecule has 64 valence electrons. The first-order chi connectivity index (χ1) is 5.54. The molecule has 3 heteroatoms. The fourth-order valence-electron chi connectivity index (χ4n) is 1.09. The third kappa shape index (κ3) is 1.62. The molecule has 0 heterocycles. The van der Waals surface area contributed by atoms with Crippen molar-refractivity contribution >= 4 is 29.0 Å². The van der Waals surface area contributed by atoms with E-state index >= 15 is 0 Å². The van der Waals surface area contributed by atoms with Crippen LogP contribution in [-0.4, -0.2) is 5.78 Å². The summed E-state index contributed by atoms with van der Waals surface area (Å²) in [4.78, 5) is 11.1. The van der Waals surface area contributed by atoms with Crippen molar-refractivity contribution in [3.8, 4) is 0 Å². The molecule has 0 radical (unpaired) electrons. The topological polar surface area (TPSA) is 17.1 Å². The zero-order valence-corrected chi connectivity index (χ0v) is 8.33. The zero-order valence-electron chi connectivity index (χ0n) is 6.82. The van der Waals surface area contributed by atoms with Crippen molar-refractivity contribution in [1.29, 1.82) is 0 Å². The minimum atomic E-state index is -0.0556. The molecule has 1 aromatic carbocycles. The van der Waals surface area contributed by atoms with Gasteiger partial charge in [0.05, 0.1) is 5.02 Å². The van der Waals surface area contributed by atoms with Gasteiger partial charge in [-0.05, 0) is 31.5 Å². The fraction of sp³-hybridized carbons (Fsp3) is 0.222. The predicted molar refractivity (Wildman–Crippen MR) is 51.2 cm³/mol. The van der Waals surface area contributed by atoms with Crippen LogP contribution in [0.4, 0.5) is 0 Å². The smallest absolute Gasteiger partial charge is 0.161 e. The first-order valence-corrected chi connectivity index (χ1v) is 4.25. The number of halogens is 2. The lowest BCUT2D eigenvalue weighted by atomic mass is 10.1. The van der Waals surface area contributed by atoms with E-state index in [2.05, 4.69) is 0 Å². The monoisotopic (exact) mass is 202 g/mol. The van der Waals surface area contributed by atoms with E-state index in [0.717, 1.165) is 5.56 Å². The lowest BCUT2D eigenvalue weighted by Gasteiger charge is -2.05. The number of hydrogen-bond donors (Lipinski definition) is 0. The summed E-state index contributed by atoms with van der Waals surface area (Å²) >= 11 is 11.6. The molecule has 0 aromatic heterocycles. The van der Waals surface area contributed by atoms with E-state index in [-0.39, 0.29) is 5.78 Å². The molecule has 0 saturated heterocycles. The highest BCUT2D eigenvalue weighted by molar-refractivity contribution is 6.36. The molecular formula is C9H8Cl2O. The van der Waals surface area contributed by atoms with Gasteiger partial charge in [-0.15, -0.1) is 0 Å². The molecule has 0 spiro atoms. The van der Waals surface area contributed by atoms with Crippen molar-refractivity contribution in [3.05, 3.63) is 33.3 Å². The minimum absolute atomic E-state index is 0.0556. The van der Waals surface area contributed by atoms with Crippen molar-refractivity contribution in [2.75, 3.05) is 0 Å². The van der Waals surface area contributed by atoms with E-state index in [1.54, 1.807) is 19.1 Å². The van der Waals surface area contributed by atoms with E-state index in [9.17, 15) is 4.79 Å². The van der Waals surface area contributed by atoms with Crippen LogP contribution in [0, 0.1) is 6.92 Å². The summed E-state index contributed by atoms with van der Waals surface area (Å²) in [5, 5.41) is 1.04. The summed E-state index contributed by atoms with van der Waals surface area (Å²) in [7, 11) is 0. The van der Waals surface area contributed by atoms with Crippen molar-refractivity contribution in [1.82, 2.24) is 0 Å². The van der Waals surface area contributed by atoms with Gasteiger partial charge >= 0.3 is 0 Å². The first kappa shape index (κ1) is 9.56. The number of rotatable bonds is 1. The van der Waals surface area contributed by atoms with Crippen LogP contribution in [0.15, 0.2) is 12.1 Å². The van der Waals surface area contributed by atoms with E-state index in [0.29, 0.717) is 15.6 Å². The van der Waals surface area contributed by atoms with Crippen LogP contribution in [0.3, 0.4) is 0 Å². The maximum Gasteiger partial charge on any atom is 0.161 e.